The van der Waals surface area contributed by atoms with Crippen molar-refractivity contribution in [1.82, 2.24) is 4.90 Å². The van der Waals surface area contributed by atoms with E-state index in [0.29, 0.717) is 16.8 Å². The summed E-state index contributed by atoms with van der Waals surface area (Å²) in [6.45, 7) is 3.20. The van der Waals surface area contributed by atoms with Crippen LogP contribution in [0.5, 0.6) is 0 Å². The van der Waals surface area contributed by atoms with Crippen molar-refractivity contribution >= 4 is 29.4 Å². The number of hydrogen-bond donors (Lipinski definition) is 1. The van der Waals surface area contributed by atoms with Gasteiger partial charge in [0.2, 0.25) is 0 Å². The summed E-state index contributed by atoms with van der Waals surface area (Å²) < 4.78 is 5.26. The number of benzene rings is 3. The third-order valence-electron chi connectivity index (χ3n) is 5.61. The van der Waals surface area contributed by atoms with E-state index >= 15 is 0 Å². The van der Waals surface area contributed by atoms with Gasteiger partial charge in [-0.15, -0.1) is 0 Å². The van der Waals surface area contributed by atoms with E-state index < -0.39 is 29.8 Å². The molecule has 0 fully saturated rings. The van der Waals surface area contributed by atoms with Crippen molar-refractivity contribution in [2.45, 2.75) is 26.4 Å². The van der Waals surface area contributed by atoms with Crippen molar-refractivity contribution < 1.29 is 23.9 Å². The highest BCUT2D eigenvalue weighted by molar-refractivity contribution is 6.21. The van der Waals surface area contributed by atoms with Crippen LogP contribution in [-0.4, -0.2) is 41.2 Å². The molecule has 7 nitrogen and oxygen atoms in total. The van der Waals surface area contributed by atoms with Crippen LogP contribution in [0.25, 0.3) is 11.1 Å². The highest BCUT2D eigenvalue weighted by atomic mass is 16.5. The smallest absolute Gasteiger partial charge is 0.308 e. The van der Waals surface area contributed by atoms with Gasteiger partial charge in [-0.1, -0.05) is 60.2 Å². The van der Waals surface area contributed by atoms with Gasteiger partial charge in [0.25, 0.3) is 17.7 Å². The third kappa shape index (κ3) is 4.73. The van der Waals surface area contributed by atoms with Crippen molar-refractivity contribution in [3.63, 3.8) is 0 Å². The van der Waals surface area contributed by atoms with Crippen LogP contribution < -0.4 is 5.32 Å². The molecular formula is C27H24N2O5. The Morgan fingerprint density at radius 3 is 2.32 bits per heavy atom. The van der Waals surface area contributed by atoms with Crippen LogP contribution in [0.3, 0.4) is 0 Å². The van der Waals surface area contributed by atoms with E-state index in [1.165, 1.54) is 6.92 Å². The van der Waals surface area contributed by atoms with Gasteiger partial charge >= 0.3 is 5.97 Å². The van der Waals surface area contributed by atoms with Crippen LogP contribution >= 0.6 is 0 Å². The van der Waals surface area contributed by atoms with Gasteiger partial charge in [-0.3, -0.25) is 24.1 Å². The predicted molar refractivity (Wildman–Crippen MR) is 127 cm³/mol. The second-order valence-electron chi connectivity index (χ2n) is 8.09. The molecule has 1 unspecified atom stereocenters. The maximum atomic E-state index is 12.7. The predicted octanol–water partition coefficient (Wildman–Crippen LogP) is 4.22. The summed E-state index contributed by atoms with van der Waals surface area (Å²) in [4.78, 5) is 51.1. The minimum atomic E-state index is -1.05. The largest absolute Gasteiger partial charge is 0.452 e. The van der Waals surface area contributed by atoms with E-state index in [4.69, 9.17) is 4.74 Å². The van der Waals surface area contributed by atoms with Gasteiger partial charge < -0.3 is 10.1 Å². The second-order valence-corrected chi connectivity index (χ2v) is 8.09. The summed E-state index contributed by atoms with van der Waals surface area (Å²) in [6, 6.07) is 22.0. The number of hydrogen-bond acceptors (Lipinski definition) is 5. The first-order chi connectivity index (χ1) is 16.3. The normalized spacial score (nSPS) is 13.4. The number of aryl methyl sites for hydroxylation is 1. The van der Waals surface area contributed by atoms with Gasteiger partial charge in [0, 0.05) is 17.8 Å². The number of ether oxygens (including phenoxy) is 1. The lowest BCUT2D eigenvalue weighted by atomic mass is 10.0. The zero-order valence-electron chi connectivity index (χ0n) is 18.9. The summed E-state index contributed by atoms with van der Waals surface area (Å²) in [5.74, 6) is -2.02. The van der Waals surface area contributed by atoms with Gasteiger partial charge in [-0.2, -0.15) is 0 Å². The summed E-state index contributed by atoms with van der Waals surface area (Å²) in [5.41, 5.74) is 3.92. The molecule has 0 aromatic heterocycles. The van der Waals surface area contributed by atoms with Crippen molar-refractivity contribution in [2.75, 3.05) is 11.9 Å². The number of rotatable bonds is 7. The lowest BCUT2D eigenvalue weighted by Gasteiger charge is -2.17. The molecule has 0 aliphatic carbocycles. The Balaban J connectivity index is 1.34. The van der Waals surface area contributed by atoms with Crippen molar-refractivity contribution in [2.24, 2.45) is 0 Å². The number of anilines is 1. The van der Waals surface area contributed by atoms with Crippen LogP contribution in [0.1, 0.15) is 39.6 Å². The van der Waals surface area contributed by atoms with Crippen LogP contribution in [0.4, 0.5) is 5.69 Å². The lowest BCUT2D eigenvalue weighted by Crippen LogP contribution is -2.34. The number of carbonyl (C=O) groups excluding carboxylic acids is 4. The highest BCUT2D eigenvalue weighted by Crippen LogP contribution is 2.28. The molecule has 4 rings (SSSR count). The summed E-state index contributed by atoms with van der Waals surface area (Å²) in [6.07, 6.45) is -1.26. The molecule has 0 radical (unpaired) electrons. The maximum Gasteiger partial charge on any atom is 0.308 e. The molecule has 1 N–H and O–H groups in total. The molecule has 1 atom stereocenters. The summed E-state index contributed by atoms with van der Waals surface area (Å²) in [7, 11) is 0. The van der Waals surface area contributed by atoms with Gasteiger partial charge in [-0.25, -0.2) is 0 Å². The molecule has 1 aliphatic rings. The molecular weight excluding hydrogens is 432 g/mol. The van der Waals surface area contributed by atoms with Crippen molar-refractivity contribution in [3.05, 3.63) is 89.5 Å². The molecule has 3 amide bonds. The highest BCUT2D eigenvalue weighted by Gasteiger charge is 2.35. The van der Waals surface area contributed by atoms with Gasteiger partial charge in [-0.05, 0) is 37.6 Å². The molecule has 0 spiro atoms. The number of esters is 1. The summed E-state index contributed by atoms with van der Waals surface area (Å²) in [5, 5.41) is 2.81. The topological polar surface area (TPSA) is 92.8 Å². The molecule has 34 heavy (non-hydrogen) atoms. The van der Waals surface area contributed by atoms with Crippen LogP contribution in [0, 0.1) is 6.92 Å². The van der Waals surface area contributed by atoms with Crippen LogP contribution in [0.2, 0.25) is 0 Å². The Morgan fingerprint density at radius 2 is 1.56 bits per heavy atom. The second kappa shape index (κ2) is 9.70. The third-order valence-corrected chi connectivity index (χ3v) is 5.61. The van der Waals surface area contributed by atoms with E-state index in [2.05, 4.69) is 5.32 Å². The molecule has 172 valence electrons. The quantitative estimate of drug-likeness (QED) is 0.425. The Hall–Kier alpha value is -4.26. The summed E-state index contributed by atoms with van der Waals surface area (Å²) >= 11 is 0. The number of carbonyl (C=O) groups is 4. The number of imide groups is 1. The first-order valence-corrected chi connectivity index (χ1v) is 11.0. The maximum absolute atomic E-state index is 12.7. The van der Waals surface area contributed by atoms with E-state index in [1.54, 1.807) is 24.3 Å². The molecule has 0 bridgehead atoms. The van der Waals surface area contributed by atoms with E-state index in [0.717, 1.165) is 21.6 Å². The molecule has 7 heteroatoms. The molecule has 3 aromatic carbocycles. The molecule has 0 saturated heterocycles. The van der Waals surface area contributed by atoms with Gasteiger partial charge in [0.05, 0.1) is 17.5 Å². The molecule has 3 aromatic rings. The minimum Gasteiger partial charge on any atom is -0.452 e. The molecule has 0 saturated carbocycles. The first-order valence-electron chi connectivity index (χ1n) is 11.0. The van der Waals surface area contributed by atoms with Crippen LogP contribution in [-0.2, 0) is 14.3 Å². The molecule has 1 aliphatic heterocycles. The number of nitrogens with one attached hydrogen (secondary N) is 1. The standard InChI is InChI=1S/C27H24N2O5/c1-17-12-13-21-22(16-17)27(33)29(26(21)32)15-14-24(30)34-18(2)25(31)28-23-11-7-6-10-20(23)19-8-4-3-5-9-19/h3-13,16,18H,14-15H2,1-2H3,(H,28,31). The van der Waals surface area contributed by atoms with E-state index in [1.807, 2.05) is 55.5 Å². The monoisotopic (exact) mass is 456 g/mol. The number of para-hydroxylation sites is 1. The van der Waals surface area contributed by atoms with E-state index in [-0.39, 0.29) is 13.0 Å². The average Bonchev–Trinajstić information content (AvgIpc) is 3.07. The number of nitrogens with zero attached hydrogens (tertiary/aromatic N) is 1. The van der Waals surface area contributed by atoms with Crippen molar-refractivity contribution in [3.8, 4) is 11.1 Å². The lowest BCUT2D eigenvalue weighted by molar-refractivity contribution is -0.153. The number of amides is 3. The zero-order valence-corrected chi connectivity index (χ0v) is 18.9. The fourth-order valence-corrected chi connectivity index (χ4v) is 3.82. The first kappa shape index (κ1) is 22.9. The molecule has 1 heterocycles. The van der Waals surface area contributed by atoms with Crippen molar-refractivity contribution in [1.29, 1.82) is 0 Å². The Morgan fingerprint density at radius 1 is 0.882 bits per heavy atom. The fourth-order valence-electron chi connectivity index (χ4n) is 3.82. The minimum absolute atomic E-state index is 0.116. The van der Waals surface area contributed by atoms with Gasteiger partial charge in [0.15, 0.2) is 6.10 Å². The SMILES string of the molecule is Cc1ccc2c(c1)C(=O)N(CCC(=O)OC(C)C(=O)Nc1ccccc1-c1ccccc1)C2=O. The number of fused-ring (bicyclic) bond motifs is 1. The van der Waals surface area contributed by atoms with Crippen LogP contribution in [0.15, 0.2) is 72.8 Å². The fraction of sp³-hybridized carbons (Fsp3) is 0.185. The Labute approximate surface area is 197 Å². The zero-order chi connectivity index (χ0) is 24.2. The Bertz CT molecular complexity index is 1270. The van der Waals surface area contributed by atoms with Gasteiger partial charge in [0.1, 0.15) is 0 Å². The average molecular weight is 456 g/mol. The van der Waals surface area contributed by atoms with E-state index in [9.17, 15) is 19.2 Å². The Kier molecular flexibility index (Phi) is 6.54.